The van der Waals surface area contributed by atoms with Crippen LogP contribution >= 0.6 is 11.8 Å². The Morgan fingerprint density at radius 2 is 1.34 bits per heavy atom. The fraction of sp³-hybridized carbons (Fsp3) is 0.547. The smallest absolute Gasteiger partial charge is 0.408 e. The second-order valence-corrected chi connectivity index (χ2v) is 22.8. The predicted octanol–water partition coefficient (Wildman–Crippen LogP) is 6.74. The van der Waals surface area contributed by atoms with Gasteiger partial charge in [-0.2, -0.15) is 0 Å². The molecule has 14 nitrogen and oxygen atoms in total. The van der Waals surface area contributed by atoms with Crippen LogP contribution in [-0.2, 0) is 52.7 Å². The van der Waals surface area contributed by atoms with Crippen molar-refractivity contribution in [2.24, 2.45) is 11.1 Å². The van der Waals surface area contributed by atoms with Gasteiger partial charge in [0.05, 0.1) is 31.0 Å². The molecule has 0 bridgehead atoms. The lowest BCUT2D eigenvalue weighted by atomic mass is 9.86. The average molecular weight is 953 g/mol. The van der Waals surface area contributed by atoms with E-state index in [1.807, 2.05) is 75.4 Å². The molecule has 0 saturated carbocycles. The van der Waals surface area contributed by atoms with Crippen molar-refractivity contribution in [3.8, 4) is 0 Å². The Labute approximate surface area is 406 Å². The van der Waals surface area contributed by atoms with Gasteiger partial charge in [-0.3, -0.25) is 24.0 Å². The first kappa shape index (κ1) is 52.0. The van der Waals surface area contributed by atoms with Gasteiger partial charge in [-0.15, -0.1) is 11.8 Å². The van der Waals surface area contributed by atoms with E-state index in [1.54, 1.807) is 39.5 Å². The summed E-state index contributed by atoms with van der Waals surface area (Å²) in [4.78, 5) is 84.6. The number of benzene rings is 3. The molecule has 68 heavy (non-hydrogen) atoms. The number of hydrogen-bond acceptors (Lipinski definition) is 10. The number of ether oxygens (including phenoxy) is 2. The monoisotopic (exact) mass is 953 g/mol. The zero-order valence-electron chi connectivity index (χ0n) is 41.2. The highest BCUT2D eigenvalue weighted by molar-refractivity contribution is 8.01. The van der Waals surface area contributed by atoms with Crippen molar-refractivity contribution in [2.45, 2.75) is 159 Å². The van der Waals surface area contributed by atoms with Gasteiger partial charge in [0.25, 0.3) is 0 Å². The summed E-state index contributed by atoms with van der Waals surface area (Å²) in [6.07, 6.45) is 4.93. The highest BCUT2D eigenvalue weighted by atomic mass is 32.2. The van der Waals surface area contributed by atoms with Crippen LogP contribution in [-0.4, -0.2) is 94.5 Å². The lowest BCUT2D eigenvalue weighted by Crippen LogP contribution is -2.60. The van der Waals surface area contributed by atoms with Crippen LogP contribution in [0.2, 0.25) is 0 Å². The van der Waals surface area contributed by atoms with Crippen molar-refractivity contribution >= 4 is 47.5 Å². The van der Waals surface area contributed by atoms with E-state index < -0.39 is 63.8 Å². The Kier molecular flexibility index (Phi) is 16.7. The van der Waals surface area contributed by atoms with Crippen molar-refractivity contribution < 1.29 is 38.2 Å². The highest BCUT2D eigenvalue weighted by Gasteiger charge is 2.45. The first-order valence-corrected chi connectivity index (χ1v) is 24.9. The van der Waals surface area contributed by atoms with Crippen LogP contribution in [0.15, 0.2) is 72.8 Å². The van der Waals surface area contributed by atoms with E-state index in [1.165, 1.54) is 12.7 Å². The number of methoxy groups -OCH3 is 1. The fourth-order valence-corrected chi connectivity index (χ4v) is 10.4. The summed E-state index contributed by atoms with van der Waals surface area (Å²) < 4.78 is 9.34. The van der Waals surface area contributed by atoms with E-state index >= 15 is 0 Å². The van der Waals surface area contributed by atoms with Gasteiger partial charge in [0.1, 0.15) is 23.7 Å². The molecule has 0 aromatic heterocycles. The second-order valence-electron chi connectivity index (χ2n) is 21.1. The summed E-state index contributed by atoms with van der Waals surface area (Å²) in [5.41, 5.74) is 11.4. The molecular formula is C53H72N6O8S. The molecule has 6 rings (SSSR count). The molecular weight excluding hydrogens is 881 g/mol. The third-order valence-corrected chi connectivity index (χ3v) is 14.7. The number of rotatable bonds is 15. The highest BCUT2D eigenvalue weighted by Crippen LogP contribution is 2.37. The molecule has 1 saturated heterocycles. The van der Waals surface area contributed by atoms with Crippen molar-refractivity contribution in [3.63, 3.8) is 0 Å². The number of carbonyl (C=O) groups is 6. The maximum atomic E-state index is 14.5. The summed E-state index contributed by atoms with van der Waals surface area (Å²) in [7, 11) is 1.28. The number of likely N-dealkylation sites (tertiary alicyclic amines) is 1. The summed E-state index contributed by atoms with van der Waals surface area (Å²) in [5, 5.41) is 12.2. The van der Waals surface area contributed by atoms with Gasteiger partial charge in [-0.05, 0) is 118 Å². The van der Waals surface area contributed by atoms with Crippen LogP contribution in [0.1, 0.15) is 139 Å². The minimum Gasteiger partial charge on any atom is -0.468 e. The first-order chi connectivity index (χ1) is 32.0. The number of thioether (sulfide) groups is 1. The number of fused-ring (bicyclic) bond motifs is 2. The van der Waals surface area contributed by atoms with E-state index in [2.05, 4.69) is 39.5 Å². The van der Waals surface area contributed by atoms with Crippen molar-refractivity contribution in [1.82, 2.24) is 26.2 Å². The Bertz CT molecular complexity index is 2310. The average Bonchev–Trinajstić information content (AvgIpc) is 3.75. The van der Waals surface area contributed by atoms with Gasteiger partial charge in [0.15, 0.2) is 0 Å². The molecule has 7 atom stereocenters. The number of nitrogens with zero attached hydrogens (tertiary/aromatic N) is 1. The molecule has 3 aromatic carbocycles. The standard InChI is InChI=1S/C53H72N6O8S/c1-51(2,3)44(54)49(64)59-30-36(29-42(59)47(62)56-40-23-15-19-35-17-11-13-21-38(35)40)33-26-24-32(25-27-33)28-41(46(61)55-39-22-14-18-34-16-10-12-20-37(34)39)57-48(63)45(58-50(65)67-52(4,5)6)53(7,8)68-31-43(60)66-9/h10-13,16-17,20-21,24-27,36,39-42,44-45H,14-15,18-19,22-23,28-31,54H2,1-9H3,(H,55,61)(H,56,62)(H,57,63)(H,58,65)/t36-,39+,40+,41-,42-,44+,45+/m0/s1. The van der Waals surface area contributed by atoms with E-state index in [9.17, 15) is 28.8 Å². The van der Waals surface area contributed by atoms with Crippen LogP contribution in [0.25, 0.3) is 0 Å². The number of hydrogen-bond donors (Lipinski definition) is 5. The molecule has 1 aliphatic heterocycles. The van der Waals surface area contributed by atoms with Crippen LogP contribution < -0.4 is 27.0 Å². The number of nitrogens with two attached hydrogens (primary N) is 1. The number of alkyl carbamates (subject to hydrolysis) is 1. The van der Waals surface area contributed by atoms with Gasteiger partial charge >= 0.3 is 12.1 Å². The number of nitrogens with one attached hydrogen (secondary N) is 4. The van der Waals surface area contributed by atoms with Gasteiger partial charge in [0.2, 0.25) is 23.6 Å². The molecule has 1 fully saturated rings. The van der Waals surface area contributed by atoms with E-state index in [4.69, 9.17) is 15.2 Å². The largest absolute Gasteiger partial charge is 0.468 e. The number of carbonyl (C=O) groups excluding carboxylic acids is 6. The summed E-state index contributed by atoms with van der Waals surface area (Å²) in [6.45, 7) is 14.7. The molecule has 3 aromatic rings. The number of esters is 1. The lowest BCUT2D eigenvalue weighted by molar-refractivity contribution is -0.141. The van der Waals surface area contributed by atoms with Crippen LogP contribution in [0.3, 0.4) is 0 Å². The molecule has 368 valence electrons. The zero-order chi connectivity index (χ0) is 49.6. The molecule has 15 heteroatoms. The van der Waals surface area contributed by atoms with Gasteiger partial charge in [-0.1, -0.05) is 93.6 Å². The Hall–Kier alpha value is -5.41. The summed E-state index contributed by atoms with van der Waals surface area (Å²) in [6, 6.07) is 19.7. The quantitative estimate of drug-likeness (QED) is 0.102. The SMILES string of the molecule is COC(=O)CSC(C)(C)[C@H](NC(=O)OC(C)(C)C)C(=O)N[C@@H](Cc1ccc([C@H]2C[C@@H](C(=O)N[C@@H]3CCCc4ccccc43)N(C(=O)[C@@H](N)C(C)(C)C)C2)cc1)C(=O)N[C@@H]1CCCc2ccccc21. The van der Waals surface area contributed by atoms with Gasteiger partial charge in [0, 0.05) is 23.6 Å². The molecule has 6 N–H and O–H groups in total. The molecule has 0 spiro atoms. The Morgan fingerprint density at radius 1 is 0.765 bits per heavy atom. The number of aryl methyl sites for hydroxylation is 2. The Morgan fingerprint density at radius 3 is 1.90 bits per heavy atom. The molecule has 3 aliphatic rings. The predicted molar refractivity (Wildman–Crippen MR) is 265 cm³/mol. The molecule has 0 radical (unpaired) electrons. The van der Waals surface area contributed by atoms with Crippen molar-refractivity contribution in [3.05, 3.63) is 106 Å². The van der Waals surface area contributed by atoms with Crippen LogP contribution in [0.4, 0.5) is 4.79 Å². The third-order valence-electron chi connectivity index (χ3n) is 13.4. The lowest BCUT2D eigenvalue weighted by Gasteiger charge is -2.35. The maximum Gasteiger partial charge on any atom is 0.408 e. The van der Waals surface area contributed by atoms with E-state index in [-0.39, 0.29) is 42.0 Å². The molecule has 1 heterocycles. The van der Waals surface area contributed by atoms with Crippen LogP contribution in [0, 0.1) is 5.41 Å². The molecule has 5 amide bonds. The zero-order valence-corrected chi connectivity index (χ0v) is 42.1. The minimum atomic E-state index is -1.24. The van der Waals surface area contributed by atoms with Crippen LogP contribution in [0.5, 0.6) is 0 Å². The van der Waals surface area contributed by atoms with E-state index in [0.29, 0.717) is 13.0 Å². The molecule has 0 unspecified atom stereocenters. The fourth-order valence-electron chi connectivity index (χ4n) is 9.46. The minimum absolute atomic E-state index is 0.0859. The normalized spacial score (nSPS) is 20.6. The first-order valence-electron chi connectivity index (χ1n) is 24.0. The molecule has 2 aliphatic carbocycles. The van der Waals surface area contributed by atoms with Crippen molar-refractivity contribution in [2.75, 3.05) is 19.4 Å². The van der Waals surface area contributed by atoms with E-state index in [0.717, 1.165) is 78.1 Å². The van der Waals surface area contributed by atoms with Gasteiger partial charge in [-0.25, -0.2) is 4.79 Å². The Balaban J connectivity index is 1.26. The second kappa shape index (κ2) is 21.9. The maximum absolute atomic E-state index is 14.5. The third kappa shape index (κ3) is 13.2. The topological polar surface area (TPSA) is 198 Å². The van der Waals surface area contributed by atoms with Gasteiger partial charge < -0.3 is 41.4 Å². The summed E-state index contributed by atoms with van der Waals surface area (Å²) in [5.74, 6) is -2.25. The number of amides is 5. The van der Waals surface area contributed by atoms with Crippen molar-refractivity contribution in [1.29, 1.82) is 0 Å². The summed E-state index contributed by atoms with van der Waals surface area (Å²) >= 11 is 1.13.